The summed E-state index contributed by atoms with van der Waals surface area (Å²) in [5.41, 5.74) is -0.321. The van der Waals surface area contributed by atoms with E-state index >= 15 is 0 Å². The first-order chi connectivity index (χ1) is 21.4. The highest BCUT2D eigenvalue weighted by molar-refractivity contribution is 7.12. The standard InChI is InChI=1S/C31H34F3N7O3S/c1-19-5-4-7-40(19)18-26-30(21-11-22(31(32,33)34)13-23(12-21)35-3)38-28(45-26)14-25(42)24-15-37-27(16-36-24)41-10-9-39(20(2)17-41)8-6-29(43)44/h11-13,15-16,19-20H,4-10,14,17-18H2,1-2H3,(H,43,44)/t19-,20+/m1/s1. The predicted molar refractivity (Wildman–Crippen MR) is 163 cm³/mol. The van der Waals surface area contributed by atoms with Gasteiger partial charge in [-0.1, -0.05) is 0 Å². The van der Waals surface area contributed by atoms with Crippen molar-refractivity contribution in [2.75, 3.05) is 37.6 Å². The summed E-state index contributed by atoms with van der Waals surface area (Å²) in [5, 5.41) is 9.43. The van der Waals surface area contributed by atoms with E-state index in [-0.39, 0.29) is 41.6 Å². The Morgan fingerprint density at radius 2 is 1.89 bits per heavy atom. The number of likely N-dealkylation sites (tertiary alicyclic amines) is 1. The van der Waals surface area contributed by atoms with E-state index in [0.29, 0.717) is 55.3 Å². The van der Waals surface area contributed by atoms with Gasteiger partial charge in [-0.3, -0.25) is 19.4 Å². The van der Waals surface area contributed by atoms with Crippen LogP contribution in [0.15, 0.2) is 30.6 Å². The fourth-order valence-electron chi connectivity index (χ4n) is 5.83. The molecule has 238 valence electrons. The molecule has 14 heteroatoms. The molecular formula is C31H34F3N7O3S. The maximum Gasteiger partial charge on any atom is 0.415 e. The highest BCUT2D eigenvalue weighted by Gasteiger charge is 2.32. The van der Waals surface area contributed by atoms with Crippen LogP contribution in [0.4, 0.5) is 24.7 Å². The Hall–Kier alpha value is -3.93. The van der Waals surface area contributed by atoms with Crippen molar-refractivity contribution in [3.05, 3.63) is 63.2 Å². The number of piperazine rings is 1. The Morgan fingerprint density at radius 3 is 2.51 bits per heavy atom. The third-order valence-corrected chi connectivity index (χ3v) is 9.40. The number of anilines is 1. The quantitative estimate of drug-likeness (QED) is 0.225. The van der Waals surface area contributed by atoms with Crippen LogP contribution in [0.2, 0.25) is 0 Å². The minimum absolute atomic E-state index is 0.0857. The number of carboxylic acid groups (broad SMARTS) is 1. The van der Waals surface area contributed by atoms with Crippen LogP contribution in [-0.4, -0.2) is 86.4 Å². The number of alkyl halides is 3. The van der Waals surface area contributed by atoms with Gasteiger partial charge < -0.3 is 10.0 Å². The molecule has 3 aromatic rings. The summed E-state index contributed by atoms with van der Waals surface area (Å²) in [7, 11) is 0. The van der Waals surface area contributed by atoms with Crippen LogP contribution < -0.4 is 4.90 Å². The van der Waals surface area contributed by atoms with E-state index < -0.39 is 17.7 Å². The van der Waals surface area contributed by atoms with Crippen molar-refractivity contribution in [1.29, 1.82) is 0 Å². The number of benzene rings is 1. The fraction of sp³-hybridized carbons (Fsp3) is 0.484. The predicted octanol–water partition coefficient (Wildman–Crippen LogP) is 5.56. The van der Waals surface area contributed by atoms with Crippen molar-refractivity contribution in [3.8, 4) is 11.3 Å². The maximum atomic E-state index is 13.7. The number of Topliss-reactive ketones (excluding diaryl/α,β-unsaturated/α-hetero) is 1. The van der Waals surface area contributed by atoms with Gasteiger partial charge in [0.05, 0.1) is 37.5 Å². The molecule has 1 aromatic carbocycles. The number of rotatable bonds is 10. The molecule has 4 heterocycles. The number of thiazole rings is 1. The molecule has 2 aromatic heterocycles. The van der Waals surface area contributed by atoms with Gasteiger partial charge in [0.25, 0.3) is 0 Å². The number of aromatic nitrogens is 3. The molecule has 2 atom stereocenters. The smallest absolute Gasteiger partial charge is 0.415 e. The van der Waals surface area contributed by atoms with E-state index in [0.717, 1.165) is 36.4 Å². The molecule has 0 spiro atoms. The first kappa shape index (κ1) is 32.5. The number of nitrogens with zero attached hydrogens (tertiary/aromatic N) is 7. The van der Waals surface area contributed by atoms with Crippen LogP contribution in [0.3, 0.4) is 0 Å². The molecule has 2 fully saturated rings. The number of carboxylic acids is 1. The number of carbonyl (C=O) groups is 2. The zero-order valence-corrected chi connectivity index (χ0v) is 25.9. The molecule has 2 aliphatic rings. The molecule has 2 saturated heterocycles. The highest BCUT2D eigenvalue weighted by atomic mass is 32.1. The molecule has 2 aliphatic heterocycles. The topological polar surface area (TPSA) is 107 Å². The van der Waals surface area contributed by atoms with Crippen molar-refractivity contribution >= 4 is 34.6 Å². The Bertz CT molecular complexity index is 1590. The van der Waals surface area contributed by atoms with Crippen molar-refractivity contribution in [2.45, 2.75) is 64.3 Å². The second-order valence-corrected chi connectivity index (χ2v) is 12.7. The molecule has 0 radical (unpaired) electrons. The van der Waals surface area contributed by atoms with Crippen LogP contribution in [0.1, 0.15) is 59.0 Å². The first-order valence-electron chi connectivity index (χ1n) is 14.8. The van der Waals surface area contributed by atoms with Crippen molar-refractivity contribution in [2.24, 2.45) is 0 Å². The molecule has 45 heavy (non-hydrogen) atoms. The van der Waals surface area contributed by atoms with Crippen molar-refractivity contribution in [1.82, 2.24) is 24.8 Å². The Morgan fingerprint density at radius 1 is 1.09 bits per heavy atom. The molecule has 0 unspecified atom stereocenters. The summed E-state index contributed by atoms with van der Waals surface area (Å²) in [6.07, 6.45) is 0.408. The molecule has 0 saturated carbocycles. The van der Waals surface area contributed by atoms with Gasteiger partial charge in [-0.05, 0) is 57.0 Å². The minimum Gasteiger partial charge on any atom is -0.481 e. The molecule has 5 rings (SSSR count). The Balaban J connectivity index is 1.34. The molecule has 0 bridgehead atoms. The van der Waals surface area contributed by atoms with E-state index in [9.17, 15) is 22.8 Å². The third-order valence-electron chi connectivity index (χ3n) is 8.36. The monoisotopic (exact) mass is 641 g/mol. The van der Waals surface area contributed by atoms with Gasteiger partial charge in [-0.15, -0.1) is 11.3 Å². The largest absolute Gasteiger partial charge is 0.481 e. The van der Waals surface area contributed by atoms with Crippen LogP contribution in [0, 0.1) is 6.57 Å². The van der Waals surface area contributed by atoms with Gasteiger partial charge >= 0.3 is 12.1 Å². The number of halogens is 3. The number of hydrogen-bond donors (Lipinski definition) is 1. The second kappa shape index (κ2) is 13.6. The summed E-state index contributed by atoms with van der Waals surface area (Å²) in [4.78, 5) is 48.1. The number of carbonyl (C=O) groups excluding carboxylic acids is 1. The summed E-state index contributed by atoms with van der Waals surface area (Å²) < 4.78 is 41.0. The summed E-state index contributed by atoms with van der Waals surface area (Å²) in [6.45, 7) is 15.3. The van der Waals surface area contributed by atoms with E-state index in [1.54, 1.807) is 6.20 Å². The molecule has 0 amide bonds. The number of hydrogen-bond acceptors (Lipinski definition) is 9. The van der Waals surface area contributed by atoms with Crippen molar-refractivity contribution < 1.29 is 27.9 Å². The van der Waals surface area contributed by atoms with Crippen LogP contribution in [0.5, 0.6) is 0 Å². The molecule has 0 aliphatic carbocycles. The zero-order valence-electron chi connectivity index (χ0n) is 25.0. The van der Waals surface area contributed by atoms with Crippen LogP contribution in [-0.2, 0) is 23.9 Å². The van der Waals surface area contributed by atoms with E-state index in [1.165, 1.54) is 23.6 Å². The lowest BCUT2D eigenvalue weighted by molar-refractivity contribution is -0.138. The van der Waals surface area contributed by atoms with Gasteiger partial charge in [-0.2, -0.15) is 13.2 Å². The Labute approximate surface area is 263 Å². The summed E-state index contributed by atoms with van der Waals surface area (Å²) in [6, 6.07) is 3.70. The average Bonchev–Trinajstić information content (AvgIpc) is 3.60. The lowest BCUT2D eigenvalue weighted by atomic mass is 10.0. The summed E-state index contributed by atoms with van der Waals surface area (Å²) >= 11 is 1.29. The van der Waals surface area contributed by atoms with Gasteiger partial charge in [0.15, 0.2) is 11.5 Å². The third kappa shape index (κ3) is 7.84. The number of aliphatic carboxylic acids is 1. The first-order valence-corrected chi connectivity index (χ1v) is 15.6. The van der Waals surface area contributed by atoms with Crippen LogP contribution in [0.25, 0.3) is 16.1 Å². The number of ketones is 1. The van der Waals surface area contributed by atoms with E-state index in [2.05, 4.69) is 36.5 Å². The van der Waals surface area contributed by atoms with Crippen LogP contribution >= 0.6 is 11.3 Å². The zero-order chi connectivity index (χ0) is 32.3. The minimum atomic E-state index is -4.62. The van der Waals surface area contributed by atoms with Gasteiger partial charge in [0, 0.05) is 55.2 Å². The van der Waals surface area contributed by atoms with E-state index in [1.807, 2.05) is 11.8 Å². The van der Waals surface area contributed by atoms with Gasteiger partial charge in [0.1, 0.15) is 16.5 Å². The maximum absolute atomic E-state index is 13.7. The normalized spacial score (nSPS) is 19.5. The summed E-state index contributed by atoms with van der Waals surface area (Å²) in [5.74, 6) is -0.518. The fourth-order valence-corrected chi connectivity index (χ4v) is 6.94. The van der Waals surface area contributed by atoms with Gasteiger partial charge in [-0.25, -0.2) is 19.8 Å². The average molecular weight is 642 g/mol. The van der Waals surface area contributed by atoms with E-state index in [4.69, 9.17) is 11.7 Å². The van der Waals surface area contributed by atoms with Gasteiger partial charge in [0.2, 0.25) is 0 Å². The SMILES string of the molecule is [C-]#[N+]c1cc(-c2nc(CC(=O)c3cnc(N4CCN(CCC(=O)O)[C@@H](C)C4)cn3)sc2CN2CCC[C@H]2C)cc(C(F)(F)F)c1. The lowest BCUT2D eigenvalue weighted by Gasteiger charge is -2.40. The molecule has 10 nitrogen and oxygen atoms in total. The lowest BCUT2D eigenvalue weighted by Crippen LogP contribution is -2.52. The second-order valence-electron chi connectivity index (χ2n) is 11.6. The van der Waals surface area contributed by atoms with Crippen molar-refractivity contribution in [3.63, 3.8) is 0 Å². The molecule has 1 N–H and O–H groups in total. The Kier molecular flexibility index (Phi) is 9.81. The molecular weight excluding hydrogens is 607 g/mol. The highest BCUT2D eigenvalue weighted by Crippen LogP contribution is 2.38.